The van der Waals surface area contributed by atoms with Crippen molar-refractivity contribution in [1.82, 2.24) is 5.32 Å². The van der Waals surface area contributed by atoms with Crippen molar-refractivity contribution < 1.29 is 4.42 Å². The Kier molecular flexibility index (Phi) is 2.60. The second-order valence-corrected chi connectivity index (χ2v) is 5.14. The topological polar surface area (TPSA) is 25.2 Å². The maximum absolute atomic E-state index is 5.79. The summed E-state index contributed by atoms with van der Waals surface area (Å²) in [4.78, 5) is 0. The largest absolute Gasteiger partial charge is 0.461 e. The van der Waals surface area contributed by atoms with Crippen molar-refractivity contribution in [2.24, 2.45) is 5.92 Å². The molecule has 0 bridgehead atoms. The van der Waals surface area contributed by atoms with Crippen molar-refractivity contribution in [3.05, 3.63) is 29.7 Å². The Labute approximate surface area is 96.7 Å². The van der Waals surface area contributed by atoms with Gasteiger partial charge in [-0.05, 0) is 43.4 Å². The van der Waals surface area contributed by atoms with E-state index in [9.17, 15) is 0 Å². The summed E-state index contributed by atoms with van der Waals surface area (Å²) in [5.41, 5.74) is 0. The molecule has 2 unspecified atom stereocenters. The molecule has 2 saturated carbocycles. The molecule has 2 fully saturated rings. The predicted octanol–water partition coefficient (Wildman–Crippen LogP) is 3.17. The molecule has 2 aliphatic rings. The lowest BCUT2D eigenvalue weighted by Crippen LogP contribution is -2.15. The van der Waals surface area contributed by atoms with Gasteiger partial charge in [-0.25, -0.2) is 0 Å². The Hall–Kier alpha value is -1.02. The summed E-state index contributed by atoms with van der Waals surface area (Å²) >= 11 is 0. The lowest BCUT2D eigenvalue weighted by atomic mass is 10.3. The molecule has 2 heteroatoms. The summed E-state index contributed by atoms with van der Waals surface area (Å²) in [7, 11) is 0. The second kappa shape index (κ2) is 4.10. The Balaban J connectivity index is 1.51. The zero-order valence-electron chi connectivity index (χ0n) is 9.78. The molecular weight excluding hydrogens is 198 g/mol. The molecule has 1 aromatic rings. The van der Waals surface area contributed by atoms with E-state index >= 15 is 0 Å². The molecule has 0 radical (unpaired) electrons. The Morgan fingerprint density at radius 2 is 2.25 bits per heavy atom. The van der Waals surface area contributed by atoms with Crippen LogP contribution in [0, 0.1) is 5.92 Å². The zero-order valence-corrected chi connectivity index (χ0v) is 9.78. The van der Waals surface area contributed by atoms with Crippen LogP contribution in [0.1, 0.15) is 43.6 Å². The van der Waals surface area contributed by atoms with Crippen molar-refractivity contribution in [1.29, 1.82) is 0 Å². The molecule has 0 aromatic carbocycles. The predicted molar refractivity (Wildman–Crippen MR) is 65.3 cm³/mol. The van der Waals surface area contributed by atoms with Gasteiger partial charge in [-0.3, -0.25) is 0 Å². The van der Waals surface area contributed by atoms with Gasteiger partial charge in [-0.15, -0.1) is 0 Å². The van der Waals surface area contributed by atoms with Gasteiger partial charge >= 0.3 is 0 Å². The molecule has 0 spiro atoms. The van der Waals surface area contributed by atoms with Gasteiger partial charge in [0.25, 0.3) is 0 Å². The van der Waals surface area contributed by atoms with Gasteiger partial charge in [0.2, 0.25) is 0 Å². The van der Waals surface area contributed by atoms with Crippen LogP contribution in [0.15, 0.2) is 22.6 Å². The normalized spacial score (nSPS) is 28.8. The minimum absolute atomic E-state index is 0.687. The van der Waals surface area contributed by atoms with Gasteiger partial charge < -0.3 is 9.73 Å². The minimum Gasteiger partial charge on any atom is -0.461 e. The molecule has 2 nitrogen and oxygen atoms in total. The maximum Gasteiger partial charge on any atom is 0.126 e. The minimum atomic E-state index is 0.687. The van der Waals surface area contributed by atoms with Crippen LogP contribution < -0.4 is 5.32 Å². The molecule has 1 heterocycles. The van der Waals surface area contributed by atoms with E-state index in [1.807, 2.05) is 0 Å². The average Bonchev–Trinajstić information content (AvgIpc) is 3.17. The molecule has 1 aromatic heterocycles. The van der Waals surface area contributed by atoms with Crippen LogP contribution in [0.25, 0.3) is 6.08 Å². The standard InChI is InChI=1S/C14H19NO/c1-10-9-13(10)14-7-6-12(16-14)3-2-8-15-11-4-5-11/h2-3,6-7,10-11,13,15H,4-5,8-9H2,1H3. The molecule has 0 saturated heterocycles. The van der Waals surface area contributed by atoms with Crippen LogP contribution in [0.2, 0.25) is 0 Å². The van der Waals surface area contributed by atoms with Crippen LogP contribution in [0.5, 0.6) is 0 Å². The van der Waals surface area contributed by atoms with E-state index in [1.165, 1.54) is 25.0 Å². The van der Waals surface area contributed by atoms with Crippen molar-refractivity contribution in [2.45, 2.75) is 38.1 Å². The van der Waals surface area contributed by atoms with Gasteiger partial charge in [-0.1, -0.05) is 13.0 Å². The third-order valence-electron chi connectivity index (χ3n) is 3.51. The SMILES string of the molecule is CC1CC1c1ccc(C=CCNC2CC2)o1. The summed E-state index contributed by atoms with van der Waals surface area (Å²) in [6.45, 7) is 3.24. The van der Waals surface area contributed by atoms with Crippen LogP contribution in [-0.2, 0) is 0 Å². The van der Waals surface area contributed by atoms with E-state index in [4.69, 9.17) is 4.42 Å². The number of hydrogen-bond donors (Lipinski definition) is 1. The number of hydrogen-bond acceptors (Lipinski definition) is 2. The van der Waals surface area contributed by atoms with Crippen LogP contribution in [0.4, 0.5) is 0 Å². The molecule has 2 atom stereocenters. The van der Waals surface area contributed by atoms with Gasteiger partial charge in [0.05, 0.1) is 0 Å². The van der Waals surface area contributed by atoms with Crippen molar-refractivity contribution >= 4 is 6.08 Å². The summed E-state index contributed by atoms with van der Waals surface area (Å²) in [5.74, 6) is 3.67. The number of rotatable bonds is 5. The highest BCUT2D eigenvalue weighted by Crippen LogP contribution is 2.47. The van der Waals surface area contributed by atoms with Crippen molar-refractivity contribution in [3.63, 3.8) is 0 Å². The third kappa shape index (κ3) is 2.38. The molecule has 0 amide bonds. The van der Waals surface area contributed by atoms with Gasteiger partial charge in [0.15, 0.2) is 0 Å². The fourth-order valence-corrected chi connectivity index (χ4v) is 2.07. The first-order valence-electron chi connectivity index (χ1n) is 6.32. The zero-order chi connectivity index (χ0) is 11.0. The third-order valence-corrected chi connectivity index (χ3v) is 3.51. The fraction of sp³-hybridized carbons (Fsp3) is 0.571. The number of nitrogens with one attached hydrogen (secondary N) is 1. The smallest absolute Gasteiger partial charge is 0.126 e. The lowest BCUT2D eigenvalue weighted by molar-refractivity contribution is 0.497. The summed E-state index contributed by atoms with van der Waals surface area (Å²) < 4.78 is 5.79. The van der Waals surface area contributed by atoms with E-state index in [1.54, 1.807) is 0 Å². The monoisotopic (exact) mass is 217 g/mol. The quantitative estimate of drug-likeness (QED) is 0.819. The number of furan rings is 1. The maximum atomic E-state index is 5.79. The average molecular weight is 217 g/mol. The highest BCUT2D eigenvalue weighted by molar-refractivity contribution is 5.43. The van der Waals surface area contributed by atoms with E-state index in [0.29, 0.717) is 5.92 Å². The van der Waals surface area contributed by atoms with E-state index < -0.39 is 0 Å². The first-order chi connectivity index (χ1) is 7.83. The van der Waals surface area contributed by atoms with Crippen molar-refractivity contribution in [3.8, 4) is 0 Å². The van der Waals surface area contributed by atoms with Gasteiger partial charge in [-0.2, -0.15) is 0 Å². The second-order valence-electron chi connectivity index (χ2n) is 5.14. The van der Waals surface area contributed by atoms with Crippen LogP contribution in [-0.4, -0.2) is 12.6 Å². The Morgan fingerprint density at radius 1 is 1.44 bits per heavy atom. The van der Waals surface area contributed by atoms with Gasteiger partial charge in [0, 0.05) is 18.5 Å². The highest BCUT2D eigenvalue weighted by Gasteiger charge is 2.36. The molecule has 3 rings (SSSR count). The molecule has 1 N–H and O–H groups in total. The Bertz CT molecular complexity index is 389. The molecular formula is C14H19NO. The summed E-state index contributed by atoms with van der Waals surface area (Å²) in [6, 6.07) is 4.99. The van der Waals surface area contributed by atoms with E-state index in [2.05, 4.69) is 36.5 Å². The van der Waals surface area contributed by atoms with Crippen LogP contribution in [0.3, 0.4) is 0 Å². The first-order valence-corrected chi connectivity index (χ1v) is 6.32. The summed E-state index contributed by atoms with van der Waals surface area (Å²) in [5, 5.41) is 3.45. The molecule has 86 valence electrons. The highest BCUT2D eigenvalue weighted by atomic mass is 16.3. The van der Waals surface area contributed by atoms with Crippen LogP contribution >= 0.6 is 0 Å². The van der Waals surface area contributed by atoms with E-state index in [0.717, 1.165) is 24.3 Å². The summed E-state index contributed by atoms with van der Waals surface area (Å²) in [6.07, 6.45) is 8.21. The Morgan fingerprint density at radius 3 is 2.94 bits per heavy atom. The van der Waals surface area contributed by atoms with Gasteiger partial charge in [0.1, 0.15) is 11.5 Å². The molecule has 2 aliphatic carbocycles. The van der Waals surface area contributed by atoms with Crippen molar-refractivity contribution in [2.75, 3.05) is 6.54 Å². The fourth-order valence-electron chi connectivity index (χ4n) is 2.07. The van der Waals surface area contributed by atoms with E-state index in [-0.39, 0.29) is 0 Å². The molecule has 16 heavy (non-hydrogen) atoms. The lowest BCUT2D eigenvalue weighted by Gasteiger charge is -1.94. The molecule has 0 aliphatic heterocycles. The first kappa shape index (κ1) is 10.2.